The van der Waals surface area contributed by atoms with Crippen molar-refractivity contribution in [2.45, 2.75) is 26.4 Å². The van der Waals surface area contributed by atoms with E-state index in [1.54, 1.807) is 0 Å². The Morgan fingerprint density at radius 1 is 1.29 bits per heavy atom. The molecular weight excluding hydrogens is 210 g/mol. The van der Waals surface area contributed by atoms with Crippen LogP contribution in [0.2, 0.25) is 0 Å². The smallest absolute Gasteiger partial charge is 0.0929 e. The molecule has 0 spiro atoms. The minimum absolute atomic E-state index is 0.929. The van der Waals surface area contributed by atoms with Crippen LogP contribution in [0.5, 0.6) is 0 Å². The number of nitrogens with one attached hydrogen (secondary N) is 1. The summed E-state index contributed by atoms with van der Waals surface area (Å²) in [5, 5.41) is 8.14. The summed E-state index contributed by atoms with van der Waals surface area (Å²) < 4.78 is 2.14. The van der Waals surface area contributed by atoms with E-state index < -0.39 is 0 Å². The summed E-state index contributed by atoms with van der Waals surface area (Å²) in [5.74, 6) is 0. The van der Waals surface area contributed by atoms with Crippen molar-refractivity contribution in [3.05, 3.63) is 41.6 Å². The molecule has 3 nitrogen and oxygen atoms in total. The first-order chi connectivity index (χ1) is 8.34. The van der Waals surface area contributed by atoms with E-state index in [2.05, 4.69) is 47.3 Å². The van der Waals surface area contributed by atoms with E-state index in [0.717, 1.165) is 31.7 Å². The van der Waals surface area contributed by atoms with E-state index in [1.807, 2.05) is 0 Å². The highest BCUT2D eigenvalue weighted by molar-refractivity contribution is 5.63. The van der Waals surface area contributed by atoms with Gasteiger partial charge in [0.2, 0.25) is 0 Å². The standard InChI is InChI=1S/C14H17N3/c1-11-5-2-3-6-13(11)14-9-12-10-15-7-4-8-17(12)16-14/h2-3,5-6,9,15H,4,7-8,10H2,1H3. The molecule has 0 unspecified atom stereocenters. The van der Waals surface area contributed by atoms with Crippen molar-refractivity contribution < 1.29 is 0 Å². The Labute approximate surface area is 101 Å². The molecule has 3 heteroatoms. The predicted molar refractivity (Wildman–Crippen MR) is 68.7 cm³/mol. The Bertz CT molecular complexity index is 505. The maximum atomic E-state index is 4.72. The number of aryl methyl sites for hydroxylation is 2. The first-order valence-corrected chi connectivity index (χ1v) is 6.18. The molecule has 1 aromatic heterocycles. The first kappa shape index (κ1) is 10.5. The third kappa shape index (κ3) is 1.98. The number of fused-ring (bicyclic) bond motifs is 1. The Kier molecular flexibility index (Phi) is 2.69. The Hall–Kier alpha value is -1.61. The number of hydrogen-bond donors (Lipinski definition) is 1. The number of rotatable bonds is 1. The maximum absolute atomic E-state index is 4.72. The van der Waals surface area contributed by atoms with Crippen molar-refractivity contribution in [2.24, 2.45) is 0 Å². The first-order valence-electron chi connectivity index (χ1n) is 6.18. The minimum Gasteiger partial charge on any atom is -0.311 e. The zero-order chi connectivity index (χ0) is 11.7. The molecule has 1 aliphatic rings. The van der Waals surface area contributed by atoms with Gasteiger partial charge in [0.1, 0.15) is 0 Å². The van der Waals surface area contributed by atoms with Crippen molar-refractivity contribution in [2.75, 3.05) is 6.54 Å². The van der Waals surface area contributed by atoms with Crippen LogP contribution < -0.4 is 5.32 Å². The second-order valence-electron chi connectivity index (χ2n) is 4.59. The third-order valence-electron chi connectivity index (χ3n) is 3.31. The molecule has 0 saturated heterocycles. The van der Waals surface area contributed by atoms with Gasteiger partial charge in [-0.2, -0.15) is 5.10 Å². The Balaban J connectivity index is 2.02. The highest BCUT2D eigenvalue weighted by Crippen LogP contribution is 2.23. The SMILES string of the molecule is Cc1ccccc1-c1cc2n(n1)CCCNC2. The molecule has 0 amide bonds. The quantitative estimate of drug-likeness (QED) is 0.810. The predicted octanol–water partition coefficient (Wildman–Crippen LogP) is 2.35. The minimum atomic E-state index is 0.929. The average molecular weight is 227 g/mol. The van der Waals surface area contributed by atoms with Gasteiger partial charge < -0.3 is 5.32 Å². The lowest BCUT2D eigenvalue weighted by molar-refractivity contribution is 0.589. The van der Waals surface area contributed by atoms with Gasteiger partial charge in [-0.05, 0) is 31.5 Å². The topological polar surface area (TPSA) is 29.9 Å². The maximum Gasteiger partial charge on any atom is 0.0929 e. The van der Waals surface area contributed by atoms with Gasteiger partial charge in [-0.25, -0.2) is 0 Å². The van der Waals surface area contributed by atoms with Crippen LogP contribution in [-0.2, 0) is 13.1 Å². The molecular formula is C14H17N3. The van der Waals surface area contributed by atoms with E-state index in [0.29, 0.717) is 0 Å². The molecule has 0 saturated carbocycles. The van der Waals surface area contributed by atoms with E-state index in [9.17, 15) is 0 Å². The molecule has 1 aliphatic heterocycles. The molecule has 2 heterocycles. The second kappa shape index (κ2) is 4.34. The van der Waals surface area contributed by atoms with Gasteiger partial charge >= 0.3 is 0 Å². The van der Waals surface area contributed by atoms with Gasteiger partial charge in [0.05, 0.1) is 11.4 Å². The van der Waals surface area contributed by atoms with Gasteiger partial charge in [0, 0.05) is 18.7 Å². The summed E-state index contributed by atoms with van der Waals surface area (Å²) >= 11 is 0. The Morgan fingerprint density at radius 3 is 3.06 bits per heavy atom. The summed E-state index contributed by atoms with van der Waals surface area (Å²) in [7, 11) is 0. The van der Waals surface area contributed by atoms with Gasteiger partial charge in [-0.1, -0.05) is 24.3 Å². The van der Waals surface area contributed by atoms with E-state index in [1.165, 1.54) is 16.8 Å². The van der Waals surface area contributed by atoms with Crippen LogP contribution in [-0.4, -0.2) is 16.3 Å². The second-order valence-corrected chi connectivity index (χ2v) is 4.59. The van der Waals surface area contributed by atoms with Gasteiger partial charge in [-0.15, -0.1) is 0 Å². The molecule has 0 bridgehead atoms. The van der Waals surface area contributed by atoms with E-state index in [-0.39, 0.29) is 0 Å². The summed E-state index contributed by atoms with van der Waals surface area (Å²) in [4.78, 5) is 0. The molecule has 0 radical (unpaired) electrons. The molecule has 3 rings (SSSR count). The lowest BCUT2D eigenvalue weighted by atomic mass is 10.1. The molecule has 1 aromatic carbocycles. The zero-order valence-electron chi connectivity index (χ0n) is 10.1. The molecule has 0 fully saturated rings. The van der Waals surface area contributed by atoms with Gasteiger partial charge in [-0.3, -0.25) is 4.68 Å². The molecule has 2 aromatic rings. The fourth-order valence-corrected chi connectivity index (χ4v) is 2.35. The van der Waals surface area contributed by atoms with Gasteiger partial charge in [0.15, 0.2) is 0 Å². The highest BCUT2D eigenvalue weighted by atomic mass is 15.3. The molecule has 88 valence electrons. The molecule has 0 atom stereocenters. The van der Waals surface area contributed by atoms with Crippen LogP contribution >= 0.6 is 0 Å². The van der Waals surface area contributed by atoms with E-state index in [4.69, 9.17) is 5.10 Å². The average Bonchev–Trinajstić information content (AvgIpc) is 2.61. The van der Waals surface area contributed by atoms with Crippen molar-refractivity contribution >= 4 is 0 Å². The monoisotopic (exact) mass is 227 g/mol. The summed E-state index contributed by atoms with van der Waals surface area (Å²) in [6, 6.07) is 10.6. The number of aromatic nitrogens is 2. The van der Waals surface area contributed by atoms with Crippen LogP contribution in [0.25, 0.3) is 11.3 Å². The largest absolute Gasteiger partial charge is 0.311 e. The summed E-state index contributed by atoms with van der Waals surface area (Å²) in [6.45, 7) is 5.17. The number of nitrogens with zero attached hydrogens (tertiary/aromatic N) is 2. The fraction of sp³-hybridized carbons (Fsp3) is 0.357. The number of hydrogen-bond acceptors (Lipinski definition) is 2. The highest BCUT2D eigenvalue weighted by Gasteiger charge is 2.12. The van der Waals surface area contributed by atoms with Crippen molar-refractivity contribution in [1.82, 2.24) is 15.1 Å². The van der Waals surface area contributed by atoms with Crippen LogP contribution in [0.3, 0.4) is 0 Å². The fourth-order valence-electron chi connectivity index (χ4n) is 2.35. The zero-order valence-corrected chi connectivity index (χ0v) is 10.1. The summed E-state index contributed by atoms with van der Waals surface area (Å²) in [6.07, 6.45) is 1.15. The van der Waals surface area contributed by atoms with Crippen molar-refractivity contribution in [3.8, 4) is 11.3 Å². The van der Waals surface area contributed by atoms with Crippen LogP contribution in [0.1, 0.15) is 17.7 Å². The van der Waals surface area contributed by atoms with E-state index >= 15 is 0 Å². The van der Waals surface area contributed by atoms with Crippen LogP contribution in [0, 0.1) is 6.92 Å². The van der Waals surface area contributed by atoms with Crippen LogP contribution in [0.15, 0.2) is 30.3 Å². The van der Waals surface area contributed by atoms with Crippen molar-refractivity contribution in [1.29, 1.82) is 0 Å². The van der Waals surface area contributed by atoms with Crippen LogP contribution in [0.4, 0.5) is 0 Å². The van der Waals surface area contributed by atoms with Gasteiger partial charge in [0.25, 0.3) is 0 Å². The van der Waals surface area contributed by atoms with Crippen molar-refractivity contribution in [3.63, 3.8) is 0 Å². The molecule has 17 heavy (non-hydrogen) atoms. The summed E-state index contributed by atoms with van der Waals surface area (Å²) in [5.41, 5.74) is 4.92. The Morgan fingerprint density at radius 2 is 2.18 bits per heavy atom. The molecule has 0 aliphatic carbocycles. The number of benzene rings is 1. The lowest BCUT2D eigenvalue weighted by Gasteiger charge is -2.01. The third-order valence-corrected chi connectivity index (χ3v) is 3.31. The lowest BCUT2D eigenvalue weighted by Crippen LogP contribution is -2.11. The normalized spacial score (nSPS) is 15.4. The molecule has 1 N–H and O–H groups in total.